The van der Waals surface area contributed by atoms with Crippen molar-refractivity contribution in [3.8, 4) is 22.5 Å². The molecule has 2 aromatic rings. The van der Waals surface area contributed by atoms with E-state index in [0.717, 1.165) is 16.5 Å². The van der Waals surface area contributed by atoms with Gasteiger partial charge in [-0.05, 0) is 29.8 Å². The summed E-state index contributed by atoms with van der Waals surface area (Å²) >= 11 is 0. The van der Waals surface area contributed by atoms with Crippen LogP contribution in [-0.2, 0) is 0 Å². The topological polar surface area (TPSA) is 74.3 Å². The molecule has 1 aliphatic heterocycles. The van der Waals surface area contributed by atoms with E-state index < -0.39 is 5.97 Å². The van der Waals surface area contributed by atoms with Crippen molar-refractivity contribution in [1.29, 1.82) is 5.41 Å². The SMILES string of the molecule is N=c1ccc2c(-c3ccccc3C(=O)O)c3ccccc3oc-2c1. The Bertz CT molecular complexity index is 1110. The van der Waals surface area contributed by atoms with Crippen LogP contribution in [0.25, 0.3) is 33.4 Å². The molecule has 0 saturated heterocycles. The summed E-state index contributed by atoms with van der Waals surface area (Å²) in [7, 11) is 0. The summed E-state index contributed by atoms with van der Waals surface area (Å²) in [6.07, 6.45) is 0. The summed E-state index contributed by atoms with van der Waals surface area (Å²) < 4.78 is 5.92. The number of benzene rings is 3. The molecule has 24 heavy (non-hydrogen) atoms. The van der Waals surface area contributed by atoms with Crippen LogP contribution in [-0.4, -0.2) is 11.1 Å². The molecule has 0 unspecified atom stereocenters. The lowest BCUT2D eigenvalue weighted by Crippen LogP contribution is -2.03. The number of fused-ring (bicyclic) bond motifs is 2. The molecule has 0 spiro atoms. The lowest BCUT2D eigenvalue weighted by atomic mass is 9.91. The molecule has 2 aromatic carbocycles. The predicted octanol–water partition coefficient (Wildman–Crippen LogP) is 4.38. The van der Waals surface area contributed by atoms with Crippen LogP contribution >= 0.6 is 0 Å². The van der Waals surface area contributed by atoms with E-state index in [1.165, 1.54) is 0 Å². The molecule has 4 nitrogen and oxygen atoms in total. The van der Waals surface area contributed by atoms with E-state index in [4.69, 9.17) is 9.83 Å². The molecule has 0 amide bonds. The average molecular weight is 315 g/mol. The maximum atomic E-state index is 11.7. The normalized spacial score (nSPS) is 11.0. The zero-order valence-electron chi connectivity index (χ0n) is 12.6. The number of hydrogen-bond acceptors (Lipinski definition) is 3. The first-order valence-electron chi connectivity index (χ1n) is 7.48. The van der Waals surface area contributed by atoms with Crippen molar-refractivity contribution >= 4 is 16.9 Å². The van der Waals surface area contributed by atoms with E-state index in [9.17, 15) is 9.90 Å². The molecule has 116 valence electrons. The van der Waals surface area contributed by atoms with Crippen molar-refractivity contribution in [3.63, 3.8) is 0 Å². The van der Waals surface area contributed by atoms with Crippen LogP contribution in [0.1, 0.15) is 10.4 Å². The second kappa shape index (κ2) is 5.35. The molecule has 0 saturated carbocycles. The van der Waals surface area contributed by atoms with Crippen molar-refractivity contribution in [1.82, 2.24) is 0 Å². The van der Waals surface area contributed by atoms with Gasteiger partial charge in [-0.3, -0.25) is 0 Å². The minimum Gasteiger partial charge on any atom is -0.478 e. The second-order valence-corrected chi connectivity index (χ2v) is 5.53. The highest BCUT2D eigenvalue weighted by atomic mass is 16.4. The Morgan fingerprint density at radius 1 is 0.917 bits per heavy atom. The Kier molecular flexibility index (Phi) is 3.17. The average Bonchev–Trinajstić information content (AvgIpc) is 2.59. The summed E-state index contributed by atoms with van der Waals surface area (Å²) in [5, 5.41) is 18.6. The van der Waals surface area contributed by atoms with E-state index in [1.807, 2.05) is 36.4 Å². The van der Waals surface area contributed by atoms with Gasteiger partial charge in [-0.15, -0.1) is 0 Å². The zero-order chi connectivity index (χ0) is 16.7. The quantitative estimate of drug-likeness (QED) is 0.539. The van der Waals surface area contributed by atoms with Gasteiger partial charge in [-0.1, -0.05) is 36.4 Å². The monoisotopic (exact) mass is 315 g/mol. The fourth-order valence-corrected chi connectivity index (χ4v) is 3.02. The van der Waals surface area contributed by atoms with Crippen molar-refractivity contribution < 1.29 is 14.3 Å². The predicted molar refractivity (Wildman–Crippen MR) is 91.1 cm³/mol. The standard InChI is InChI=1S/C20H13NO3/c21-12-9-10-16-18(11-12)24-17-8-4-3-7-15(17)19(16)13-5-1-2-6-14(13)20(22)23/h1-11,21H,(H,22,23). The van der Waals surface area contributed by atoms with Gasteiger partial charge >= 0.3 is 5.97 Å². The van der Waals surface area contributed by atoms with Crippen molar-refractivity contribution in [2.75, 3.05) is 0 Å². The van der Waals surface area contributed by atoms with Crippen LogP contribution in [0.15, 0.2) is 71.1 Å². The molecule has 0 radical (unpaired) electrons. The van der Waals surface area contributed by atoms with Gasteiger partial charge in [-0.2, -0.15) is 0 Å². The molecule has 2 N–H and O–H groups in total. The maximum Gasteiger partial charge on any atom is 0.336 e. The first-order chi connectivity index (χ1) is 11.6. The zero-order valence-corrected chi connectivity index (χ0v) is 12.6. The molecule has 0 fully saturated rings. The molecule has 1 heterocycles. The third-order valence-electron chi connectivity index (χ3n) is 4.05. The van der Waals surface area contributed by atoms with Crippen molar-refractivity contribution in [3.05, 3.63) is 77.7 Å². The van der Waals surface area contributed by atoms with Gasteiger partial charge in [0.05, 0.1) is 10.9 Å². The van der Waals surface area contributed by atoms with E-state index in [1.54, 1.807) is 30.3 Å². The van der Waals surface area contributed by atoms with Gasteiger partial charge in [0, 0.05) is 22.6 Å². The number of carbonyl (C=O) groups is 1. The van der Waals surface area contributed by atoms with Crippen molar-refractivity contribution in [2.45, 2.75) is 0 Å². The molecule has 1 aliphatic carbocycles. The number of hydrogen-bond donors (Lipinski definition) is 2. The van der Waals surface area contributed by atoms with Crippen LogP contribution in [0.4, 0.5) is 0 Å². The fourth-order valence-electron chi connectivity index (χ4n) is 3.02. The molecule has 4 heteroatoms. The summed E-state index contributed by atoms with van der Waals surface area (Å²) in [6.45, 7) is 0. The molecule has 0 atom stereocenters. The molecule has 0 aromatic heterocycles. The number of para-hydroxylation sites is 1. The molecule has 2 aliphatic rings. The number of rotatable bonds is 2. The van der Waals surface area contributed by atoms with Gasteiger partial charge in [-0.25, -0.2) is 4.79 Å². The summed E-state index contributed by atoms with van der Waals surface area (Å²) in [6, 6.07) is 19.6. The molecular formula is C20H13NO3. The molecule has 0 bridgehead atoms. The Morgan fingerprint density at radius 3 is 2.50 bits per heavy atom. The smallest absolute Gasteiger partial charge is 0.336 e. The van der Waals surface area contributed by atoms with Crippen LogP contribution in [0.3, 0.4) is 0 Å². The number of carboxylic acid groups (broad SMARTS) is 1. The van der Waals surface area contributed by atoms with Gasteiger partial charge in [0.2, 0.25) is 0 Å². The highest BCUT2D eigenvalue weighted by Gasteiger charge is 2.20. The van der Waals surface area contributed by atoms with Gasteiger partial charge in [0.15, 0.2) is 0 Å². The van der Waals surface area contributed by atoms with Crippen molar-refractivity contribution in [2.24, 2.45) is 0 Å². The van der Waals surface area contributed by atoms with Gasteiger partial charge < -0.3 is 14.9 Å². The van der Waals surface area contributed by atoms with E-state index >= 15 is 0 Å². The Balaban J connectivity index is 2.22. The van der Waals surface area contributed by atoms with E-state index in [-0.39, 0.29) is 5.56 Å². The van der Waals surface area contributed by atoms with Crippen LogP contribution in [0.5, 0.6) is 0 Å². The Hall–Kier alpha value is -3.40. The number of carboxylic acids is 1. The number of aromatic carboxylic acids is 1. The second-order valence-electron chi connectivity index (χ2n) is 5.53. The first kappa shape index (κ1) is 14.2. The number of nitrogens with one attached hydrogen (secondary N) is 1. The molecule has 4 rings (SSSR count). The third-order valence-corrected chi connectivity index (χ3v) is 4.05. The van der Waals surface area contributed by atoms with Gasteiger partial charge in [0.1, 0.15) is 11.3 Å². The lowest BCUT2D eigenvalue weighted by molar-refractivity contribution is 0.0697. The minimum atomic E-state index is -0.972. The van der Waals surface area contributed by atoms with Crippen LogP contribution < -0.4 is 5.36 Å². The minimum absolute atomic E-state index is 0.241. The lowest BCUT2D eigenvalue weighted by Gasteiger charge is -2.16. The summed E-state index contributed by atoms with van der Waals surface area (Å²) in [4.78, 5) is 11.7. The van der Waals surface area contributed by atoms with Gasteiger partial charge in [0.25, 0.3) is 0 Å². The highest BCUT2D eigenvalue weighted by molar-refractivity contribution is 6.07. The van der Waals surface area contributed by atoms with Crippen LogP contribution in [0.2, 0.25) is 0 Å². The Morgan fingerprint density at radius 2 is 1.67 bits per heavy atom. The highest BCUT2D eigenvalue weighted by Crippen LogP contribution is 2.40. The summed E-state index contributed by atoms with van der Waals surface area (Å²) in [5.41, 5.74) is 3.14. The third kappa shape index (κ3) is 2.16. The fraction of sp³-hybridized carbons (Fsp3) is 0. The first-order valence-corrected chi connectivity index (χ1v) is 7.48. The summed E-state index contributed by atoms with van der Waals surface area (Å²) in [5.74, 6) is -0.405. The van der Waals surface area contributed by atoms with E-state index in [2.05, 4.69) is 0 Å². The maximum absolute atomic E-state index is 11.7. The molecular weight excluding hydrogens is 302 g/mol. The Labute approximate surface area is 137 Å². The van der Waals surface area contributed by atoms with E-state index in [0.29, 0.717) is 22.3 Å². The largest absolute Gasteiger partial charge is 0.478 e. The van der Waals surface area contributed by atoms with Crippen LogP contribution in [0, 0.1) is 5.41 Å².